The number of likely N-dealkylation sites (N-methyl/N-ethyl adjacent to an activating group) is 1. The van der Waals surface area contributed by atoms with Gasteiger partial charge in [0.15, 0.2) is 0 Å². The quantitative estimate of drug-likeness (QED) is 0.351. The van der Waals surface area contributed by atoms with Crippen LogP contribution in [0.3, 0.4) is 0 Å². The van der Waals surface area contributed by atoms with Crippen LogP contribution in [0.5, 0.6) is 0 Å². The van der Waals surface area contributed by atoms with E-state index in [9.17, 15) is 0 Å². The maximum Gasteiger partial charge on any atom is 0.0518 e. The molecule has 2 aromatic carbocycles. The van der Waals surface area contributed by atoms with Gasteiger partial charge in [0.1, 0.15) is 0 Å². The predicted octanol–water partition coefficient (Wildman–Crippen LogP) is 7.58. The minimum absolute atomic E-state index is 0. The topological polar surface area (TPSA) is 27.5 Å². The maximum atomic E-state index is 3.93. The van der Waals surface area contributed by atoms with Gasteiger partial charge in [-0.25, -0.2) is 0 Å². The van der Waals surface area contributed by atoms with Gasteiger partial charge in [-0.3, -0.25) is 4.68 Å². The molecule has 1 aliphatic rings. The van der Waals surface area contributed by atoms with Crippen LogP contribution in [0.1, 0.15) is 53.3 Å². The highest BCUT2D eigenvalue weighted by molar-refractivity contribution is 5.47. The normalized spacial score (nSPS) is 11.8. The molecular weight excluding hydrogens is 454 g/mol. The van der Waals surface area contributed by atoms with Crippen molar-refractivity contribution in [3.63, 3.8) is 0 Å². The third kappa shape index (κ3) is 20.1. The van der Waals surface area contributed by atoms with Crippen LogP contribution in [-0.2, 0) is 7.05 Å². The van der Waals surface area contributed by atoms with Crippen molar-refractivity contribution in [3.8, 4) is 0 Å². The van der Waals surface area contributed by atoms with Crippen LogP contribution in [0.4, 0.5) is 5.69 Å². The molecule has 1 fully saturated rings. The summed E-state index contributed by atoms with van der Waals surface area (Å²) in [6.07, 6.45) is 3.81. The maximum absolute atomic E-state index is 3.93. The molecule has 1 aromatic heterocycles. The average molecular weight is 516 g/mol. The monoisotopic (exact) mass is 515 g/mol. The first-order valence-corrected chi connectivity index (χ1v) is 11.8. The lowest BCUT2D eigenvalue weighted by Gasteiger charge is -2.34. The van der Waals surface area contributed by atoms with E-state index in [4.69, 9.17) is 0 Å². The molecule has 0 N–H and O–H groups in total. The van der Waals surface area contributed by atoms with Gasteiger partial charge >= 0.3 is 0 Å². The van der Waals surface area contributed by atoms with E-state index in [1.807, 2.05) is 44.6 Å². The number of aryl methyl sites for hydroxylation is 4. The van der Waals surface area contributed by atoms with Crippen LogP contribution in [0.25, 0.3) is 0 Å². The van der Waals surface area contributed by atoms with E-state index >= 15 is 0 Å². The molecule has 0 unspecified atom stereocenters. The van der Waals surface area contributed by atoms with E-state index in [1.54, 1.807) is 4.68 Å². The fraction of sp³-hybridized carbons (Fsp3) is 0.531. The van der Waals surface area contributed by atoms with E-state index in [0.717, 1.165) is 19.6 Å². The second-order valence-corrected chi connectivity index (χ2v) is 8.87. The van der Waals surface area contributed by atoms with Crippen molar-refractivity contribution in [2.75, 3.05) is 58.8 Å². The molecule has 0 amide bonds. The number of nitrogens with zero attached hydrogens (tertiary/aromatic N) is 5. The Labute approximate surface area is 232 Å². The Hall–Kier alpha value is -2.63. The first kappa shape index (κ1) is 41.5. The predicted molar refractivity (Wildman–Crippen MR) is 171 cm³/mol. The second-order valence-electron chi connectivity index (χ2n) is 8.87. The van der Waals surface area contributed by atoms with Gasteiger partial charge in [0.05, 0.1) is 6.20 Å². The zero-order valence-electron chi connectivity index (χ0n) is 22.1. The number of aromatic nitrogens is 2. The number of anilines is 1. The molecule has 5 heteroatoms. The molecule has 5 nitrogen and oxygen atoms in total. The van der Waals surface area contributed by atoms with Crippen LogP contribution in [-0.4, -0.2) is 73.4 Å². The highest BCUT2D eigenvalue weighted by Gasteiger charge is 2.13. The van der Waals surface area contributed by atoms with Crippen LogP contribution in [0.15, 0.2) is 67.0 Å². The average Bonchev–Trinajstić information content (AvgIpc) is 3.19. The summed E-state index contributed by atoms with van der Waals surface area (Å²) in [6.45, 7) is 14.2. The Morgan fingerprint density at radius 1 is 0.703 bits per heavy atom. The number of benzene rings is 2. The highest BCUT2D eigenvalue weighted by Crippen LogP contribution is 2.16. The lowest BCUT2D eigenvalue weighted by molar-refractivity contribution is 0.313. The number of piperazine rings is 1. The molecule has 1 saturated heterocycles. The Morgan fingerprint density at radius 3 is 1.46 bits per heavy atom. The smallest absolute Gasteiger partial charge is 0.0518 e. The number of hydrogen-bond acceptors (Lipinski definition) is 4. The molecule has 214 valence electrons. The minimum Gasteiger partial charge on any atom is -0.369 e. The molecule has 0 radical (unpaired) electrons. The van der Waals surface area contributed by atoms with Crippen LogP contribution in [0, 0.1) is 20.8 Å². The summed E-state index contributed by atoms with van der Waals surface area (Å²) in [7, 11) is 8.21. The van der Waals surface area contributed by atoms with Crippen LogP contribution in [0.2, 0.25) is 0 Å². The molecule has 4 rings (SSSR count). The Bertz CT molecular complexity index is 832. The Balaban J connectivity index is -0.000000205. The van der Waals surface area contributed by atoms with E-state index in [-0.39, 0.29) is 29.7 Å². The lowest BCUT2D eigenvalue weighted by atomic mass is 10.2. The van der Waals surface area contributed by atoms with Gasteiger partial charge in [0, 0.05) is 45.1 Å². The molecule has 37 heavy (non-hydrogen) atoms. The largest absolute Gasteiger partial charge is 0.369 e. The molecule has 0 aliphatic carbocycles. The summed E-state index contributed by atoms with van der Waals surface area (Å²) in [6, 6.07) is 19.1. The lowest BCUT2D eigenvalue weighted by Crippen LogP contribution is -2.44. The summed E-state index contributed by atoms with van der Waals surface area (Å²) in [5, 5.41) is 3.93. The van der Waals surface area contributed by atoms with Crippen molar-refractivity contribution in [3.05, 3.63) is 83.7 Å². The van der Waals surface area contributed by atoms with Gasteiger partial charge < -0.3 is 14.7 Å². The zero-order valence-corrected chi connectivity index (χ0v) is 22.1. The molecule has 0 atom stereocenters. The van der Waals surface area contributed by atoms with Gasteiger partial charge in [-0.05, 0) is 66.2 Å². The van der Waals surface area contributed by atoms with E-state index in [1.165, 1.54) is 35.5 Å². The van der Waals surface area contributed by atoms with Crippen LogP contribution < -0.4 is 4.90 Å². The van der Waals surface area contributed by atoms with Crippen molar-refractivity contribution in [1.29, 1.82) is 0 Å². The molecule has 0 bridgehead atoms. The summed E-state index contributed by atoms with van der Waals surface area (Å²) in [5.41, 5.74) is 5.23. The Kier molecular flexibility index (Phi) is 26.6. The first-order valence-electron chi connectivity index (χ1n) is 11.8. The van der Waals surface area contributed by atoms with Crippen molar-refractivity contribution in [2.45, 2.75) is 57.4 Å². The Morgan fingerprint density at radius 2 is 1.16 bits per heavy atom. The number of rotatable bonds is 2. The van der Waals surface area contributed by atoms with E-state index < -0.39 is 0 Å². The molecular formula is C32H61N5. The molecule has 3 aromatic rings. The fourth-order valence-corrected chi connectivity index (χ4v) is 2.90. The van der Waals surface area contributed by atoms with Crippen molar-refractivity contribution < 1.29 is 0 Å². The molecule has 0 saturated carbocycles. The van der Waals surface area contributed by atoms with Gasteiger partial charge in [-0.15, -0.1) is 0 Å². The first-order chi connectivity index (χ1) is 15.7. The SMILES string of the molecule is C.C.C.C.CCN(C)C.Cc1ccc(N2CCN(C)CC2)cc1.Cc1ccccc1.Cc1cnn(C)c1. The zero-order chi connectivity index (χ0) is 24.6. The summed E-state index contributed by atoms with van der Waals surface area (Å²) in [5.74, 6) is 0. The van der Waals surface area contributed by atoms with Crippen LogP contribution >= 0.6 is 0 Å². The molecule has 2 heterocycles. The third-order valence-electron chi connectivity index (χ3n) is 5.31. The standard InChI is InChI=1S/C12H18N2.C7H8.C5H8N2.C4H11N.4CH4/c1-11-3-5-12(6-4-11)14-9-7-13(2)8-10-14;1-7-5-3-2-4-6-7;1-5-3-6-7(2)4-5;1-4-5(2)3;;;;/h3-6H,7-10H2,1-2H3;2-6H,1H3;3-4H,1-2H3;4H2,1-3H3;4*1H4. The van der Waals surface area contributed by atoms with Gasteiger partial charge in [0.25, 0.3) is 0 Å². The molecule has 1 aliphatic heterocycles. The van der Waals surface area contributed by atoms with Gasteiger partial charge in [-0.2, -0.15) is 5.10 Å². The number of hydrogen-bond donors (Lipinski definition) is 0. The van der Waals surface area contributed by atoms with Crippen molar-refractivity contribution >= 4 is 5.69 Å². The van der Waals surface area contributed by atoms with Gasteiger partial charge in [0.2, 0.25) is 0 Å². The summed E-state index contributed by atoms with van der Waals surface area (Å²) >= 11 is 0. The second kappa shape index (κ2) is 23.7. The minimum atomic E-state index is 0. The third-order valence-corrected chi connectivity index (χ3v) is 5.31. The van der Waals surface area contributed by atoms with Gasteiger partial charge in [-0.1, -0.05) is 90.2 Å². The van der Waals surface area contributed by atoms with Crippen molar-refractivity contribution in [1.82, 2.24) is 19.6 Å². The van der Waals surface area contributed by atoms with E-state index in [2.05, 4.69) is 98.1 Å². The summed E-state index contributed by atoms with van der Waals surface area (Å²) in [4.78, 5) is 6.96. The van der Waals surface area contributed by atoms with E-state index in [0.29, 0.717) is 0 Å². The summed E-state index contributed by atoms with van der Waals surface area (Å²) < 4.78 is 1.79. The van der Waals surface area contributed by atoms with Crippen molar-refractivity contribution in [2.24, 2.45) is 7.05 Å². The molecule has 0 spiro atoms. The highest BCUT2D eigenvalue weighted by atomic mass is 15.2. The fourth-order valence-electron chi connectivity index (χ4n) is 2.90.